The monoisotopic (exact) mass is 466 g/mol. The zero-order valence-electron chi connectivity index (χ0n) is 21.5. The average Bonchev–Trinajstić information content (AvgIpc) is 2.63. The van der Waals surface area contributed by atoms with Crippen LogP contribution in [-0.2, 0) is 0 Å². The molecule has 0 aromatic carbocycles. The van der Waals surface area contributed by atoms with Gasteiger partial charge in [0, 0.05) is 48.1 Å². The molecule has 11 nitrogen and oxygen atoms in total. The van der Waals surface area contributed by atoms with Gasteiger partial charge < -0.3 is 20.5 Å². The third-order valence-corrected chi connectivity index (χ3v) is 6.70. The molecule has 1 aromatic heterocycles. The van der Waals surface area contributed by atoms with Crippen LogP contribution in [0.2, 0.25) is 0 Å². The number of hydroxylamine groups is 4. The predicted octanol–water partition coefficient (Wildman–Crippen LogP) is 3.03. The average molecular weight is 467 g/mol. The molecular formula is C22H42N8O3. The lowest BCUT2D eigenvalue weighted by atomic mass is 9.79. The maximum absolute atomic E-state index is 10.6. The fourth-order valence-corrected chi connectivity index (χ4v) is 5.61. The molecule has 3 rings (SSSR count). The molecule has 2 aliphatic heterocycles. The Morgan fingerprint density at radius 3 is 1.70 bits per heavy atom. The summed E-state index contributed by atoms with van der Waals surface area (Å²) in [5, 5.41) is 27.5. The third-order valence-electron chi connectivity index (χ3n) is 6.70. The van der Waals surface area contributed by atoms with Crippen molar-refractivity contribution >= 4 is 11.9 Å². The zero-order chi connectivity index (χ0) is 24.8. The molecule has 33 heavy (non-hydrogen) atoms. The first-order valence-corrected chi connectivity index (χ1v) is 11.7. The second kappa shape index (κ2) is 8.77. The Morgan fingerprint density at radius 1 is 0.758 bits per heavy atom. The Labute approximate surface area is 197 Å². The smallest absolute Gasteiger partial charge is 0.323 e. The molecule has 0 atom stereocenters. The summed E-state index contributed by atoms with van der Waals surface area (Å²) in [6, 6.07) is 0.290. The molecule has 11 heteroatoms. The van der Waals surface area contributed by atoms with Gasteiger partial charge in [0.15, 0.2) is 0 Å². The molecule has 0 bridgehead atoms. The number of ether oxygens (including phenoxy) is 1. The molecule has 2 aliphatic rings. The van der Waals surface area contributed by atoms with Crippen LogP contribution in [0, 0.1) is 0 Å². The standard InChI is InChI=1S/C22H42N8O3/c1-19(2)10-14(11-20(3,4)29(19)31)24-16-25-17(28-23-9)27-18(26-16)33-15-12-21(5,6)30(32)22(7,8)13-15/h14-15,23,31-32H,10-13H2,1-9H3,(H2,24,25,26,27,28). The number of aromatic nitrogens is 3. The van der Waals surface area contributed by atoms with E-state index in [1.54, 1.807) is 7.05 Å². The highest BCUT2D eigenvalue weighted by Crippen LogP contribution is 2.39. The van der Waals surface area contributed by atoms with Crippen LogP contribution in [0.4, 0.5) is 11.9 Å². The first-order chi connectivity index (χ1) is 15.1. The number of rotatable bonds is 6. The highest BCUT2D eigenvalue weighted by atomic mass is 16.5. The summed E-state index contributed by atoms with van der Waals surface area (Å²) in [5.41, 5.74) is 4.08. The van der Waals surface area contributed by atoms with Gasteiger partial charge in [0.2, 0.25) is 11.9 Å². The van der Waals surface area contributed by atoms with Crippen LogP contribution in [0.25, 0.3) is 0 Å². The number of anilines is 2. The molecule has 5 N–H and O–H groups in total. The lowest BCUT2D eigenvalue weighted by Crippen LogP contribution is -2.61. The minimum absolute atomic E-state index is 0.0616. The van der Waals surface area contributed by atoms with E-state index in [9.17, 15) is 10.4 Å². The van der Waals surface area contributed by atoms with E-state index >= 15 is 0 Å². The Balaban J connectivity index is 1.82. The van der Waals surface area contributed by atoms with Gasteiger partial charge in [-0.25, -0.2) is 5.43 Å². The molecule has 0 spiro atoms. The van der Waals surface area contributed by atoms with Crippen molar-refractivity contribution in [3.05, 3.63) is 0 Å². The van der Waals surface area contributed by atoms with Gasteiger partial charge in [-0.1, -0.05) is 0 Å². The van der Waals surface area contributed by atoms with Crippen molar-refractivity contribution in [3.63, 3.8) is 0 Å². The molecule has 1 aromatic rings. The van der Waals surface area contributed by atoms with E-state index < -0.39 is 22.2 Å². The third kappa shape index (κ3) is 5.65. The van der Waals surface area contributed by atoms with Crippen LogP contribution >= 0.6 is 0 Å². The fourth-order valence-electron chi connectivity index (χ4n) is 5.61. The molecule has 3 heterocycles. The van der Waals surface area contributed by atoms with E-state index in [2.05, 4.69) is 31.1 Å². The van der Waals surface area contributed by atoms with Crippen LogP contribution in [0.1, 0.15) is 81.1 Å². The second-order valence-electron chi connectivity index (χ2n) is 11.9. The Hall–Kier alpha value is -1.79. The summed E-state index contributed by atoms with van der Waals surface area (Å²) < 4.78 is 6.23. The van der Waals surface area contributed by atoms with Crippen molar-refractivity contribution in [3.8, 4) is 6.01 Å². The van der Waals surface area contributed by atoms with Gasteiger partial charge in [0.05, 0.1) is 0 Å². The molecular weight excluding hydrogens is 424 g/mol. The Kier molecular flexibility index (Phi) is 6.86. The van der Waals surface area contributed by atoms with Gasteiger partial charge in [-0.3, -0.25) is 5.43 Å². The summed E-state index contributed by atoms with van der Waals surface area (Å²) in [7, 11) is 1.74. The first-order valence-electron chi connectivity index (χ1n) is 11.7. The lowest BCUT2D eigenvalue weighted by Gasteiger charge is -2.51. The fraction of sp³-hybridized carbons (Fsp3) is 0.864. The van der Waals surface area contributed by atoms with E-state index in [-0.39, 0.29) is 18.2 Å². The number of hydrazine groups is 1. The quantitative estimate of drug-likeness (QED) is 0.396. The highest BCUT2D eigenvalue weighted by molar-refractivity contribution is 5.36. The molecule has 2 fully saturated rings. The molecule has 0 saturated carbocycles. The molecule has 0 amide bonds. The minimum atomic E-state index is -0.442. The van der Waals surface area contributed by atoms with Crippen LogP contribution < -0.4 is 20.9 Å². The van der Waals surface area contributed by atoms with Crippen molar-refractivity contribution in [1.82, 2.24) is 30.5 Å². The number of piperidine rings is 2. The summed E-state index contributed by atoms with van der Waals surface area (Å²) in [6.07, 6.45) is 2.55. The van der Waals surface area contributed by atoms with E-state index in [1.807, 2.05) is 55.4 Å². The van der Waals surface area contributed by atoms with E-state index in [0.29, 0.717) is 24.7 Å². The van der Waals surface area contributed by atoms with Crippen LogP contribution in [0.15, 0.2) is 0 Å². The van der Waals surface area contributed by atoms with E-state index in [4.69, 9.17) is 4.74 Å². The van der Waals surface area contributed by atoms with Gasteiger partial charge in [0.25, 0.3) is 0 Å². The van der Waals surface area contributed by atoms with Crippen LogP contribution in [-0.4, -0.2) is 76.8 Å². The number of nitrogens with zero attached hydrogens (tertiary/aromatic N) is 5. The van der Waals surface area contributed by atoms with E-state index in [1.165, 1.54) is 10.1 Å². The predicted molar refractivity (Wildman–Crippen MR) is 126 cm³/mol. The Bertz CT molecular complexity index is 747. The molecule has 2 saturated heterocycles. The van der Waals surface area contributed by atoms with Crippen molar-refractivity contribution in [2.24, 2.45) is 0 Å². The summed E-state index contributed by atoms with van der Waals surface area (Å²) in [5.74, 6) is 0.764. The maximum Gasteiger partial charge on any atom is 0.323 e. The minimum Gasteiger partial charge on any atom is -0.460 e. The number of hydrogen-bond acceptors (Lipinski definition) is 11. The maximum atomic E-state index is 10.6. The summed E-state index contributed by atoms with van der Waals surface area (Å²) in [4.78, 5) is 13.5. The van der Waals surface area contributed by atoms with Gasteiger partial charge in [-0.15, -0.1) is 0 Å². The number of hydrogen-bond donors (Lipinski definition) is 5. The normalized spacial score (nSPS) is 25.5. The molecule has 0 radical (unpaired) electrons. The summed E-state index contributed by atoms with van der Waals surface area (Å²) >= 11 is 0. The lowest BCUT2D eigenvalue weighted by molar-refractivity contribution is -0.255. The van der Waals surface area contributed by atoms with Crippen molar-refractivity contribution in [2.45, 2.75) is 115 Å². The summed E-state index contributed by atoms with van der Waals surface area (Å²) in [6.45, 7) is 16.1. The molecule has 188 valence electrons. The molecule has 0 aliphatic carbocycles. The van der Waals surface area contributed by atoms with Gasteiger partial charge >= 0.3 is 6.01 Å². The Morgan fingerprint density at radius 2 is 1.21 bits per heavy atom. The van der Waals surface area contributed by atoms with Crippen molar-refractivity contribution in [2.75, 3.05) is 17.8 Å². The van der Waals surface area contributed by atoms with Crippen LogP contribution in [0.5, 0.6) is 6.01 Å². The number of nitrogens with one attached hydrogen (secondary N) is 3. The molecule has 0 unspecified atom stereocenters. The van der Waals surface area contributed by atoms with Crippen LogP contribution in [0.3, 0.4) is 0 Å². The highest BCUT2D eigenvalue weighted by Gasteiger charge is 2.47. The van der Waals surface area contributed by atoms with Gasteiger partial charge in [0.1, 0.15) is 6.10 Å². The SMILES string of the molecule is CNNc1nc(NC2CC(C)(C)N(O)C(C)(C)C2)nc(OC2CC(C)(C)N(O)C(C)(C)C2)n1. The zero-order valence-corrected chi connectivity index (χ0v) is 21.5. The van der Waals surface area contributed by atoms with Crippen molar-refractivity contribution < 1.29 is 15.2 Å². The second-order valence-corrected chi connectivity index (χ2v) is 11.9. The topological polar surface area (TPSA) is 131 Å². The largest absolute Gasteiger partial charge is 0.460 e. The van der Waals surface area contributed by atoms with E-state index in [0.717, 1.165) is 12.8 Å². The van der Waals surface area contributed by atoms with Crippen molar-refractivity contribution in [1.29, 1.82) is 0 Å². The van der Waals surface area contributed by atoms with Gasteiger partial charge in [-0.2, -0.15) is 25.1 Å². The first kappa shape index (κ1) is 25.8. The van der Waals surface area contributed by atoms with Gasteiger partial charge in [-0.05, 0) is 68.2 Å².